The molecule has 6 heteroatoms. The van der Waals surface area contributed by atoms with Crippen LogP contribution in [0.4, 0.5) is 0 Å². The maximum Gasteiger partial charge on any atom is 0.281 e. The number of nitrogens with two attached hydrogens (primary N) is 1. The fourth-order valence-electron chi connectivity index (χ4n) is 1.80. The molecule has 15 heavy (non-hydrogen) atoms. The molecular formula is C9H21N3O2S. The summed E-state index contributed by atoms with van der Waals surface area (Å²) in [5.74, 6) is 0.243. The highest BCUT2D eigenvalue weighted by molar-refractivity contribution is 7.86. The summed E-state index contributed by atoms with van der Waals surface area (Å²) in [4.78, 5) is 0. The number of rotatable bonds is 3. The molecular weight excluding hydrogens is 214 g/mol. The van der Waals surface area contributed by atoms with Gasteiger partial charge in [-0.25, -0.2) is 0 Å². The summed E-state index contributed by atoms with van der Waals surface area (Å²) in [7, 11) is -1.63. The van der Waals surface area contributed by atoms with E-state index < -0.39 is 10.2 Å². The molecule has 2 atom stereocenters. The Kier molecular flexibility index (Phi) is 4.11. The average molecular weight is 235 g/mol. The molecule has 1 fully saturated rings. The van der Waals surface area contributed by atoms with Gasteiger partial charge in [-0.05, 0) is 25.8 Å². The van der Waals surface area contributed by atoms with E-state index in [9.17, 15) is 8.42 Å². The quantitative estimate of drug-likeness (QED) is 0.740. The van der Waals surface area contributed by atoms with E-state index in [0.29, 0.717) is 19.6 Å². The van der Waals surface area contributed by atoms with Crippen LogP contribution in [-0.2, 0) is 10.2 Å². The van der Waals surface area contributed by atoms with Crippen molar-refractivity contribution in [1.82, 2.24) is 8.61 Å². The Morgan fingerprint density at radius 1 is 1.47 bits per heavy atom. The van der Waals surface area contributed by atoms with Gasteiger partial charge in [0.2, 0.25) is 0 Å². The second kappa shape index (κ2) is 4.78. The summed E-state index contributed by atoms with van der Waals surface area (Å²) >= 11 is 0. The van der Waals surface area contributed by atoms with Crippen molar-refractivity contribution in [2.75, 3.05) is 26.7 Å². The molecule has 1 heterocycles. The van der Waals surface area contributed by atoms with Crippen molar-refractivity contribution in [2.45, 2.75) is 26.3 Å². The van der Waals surface area contributed by atoms with Gasteiger partial charge in [-0.15, -0.1) is 0 Å². The standard InChI is InChI=1S/C9H21N3O2S/c1-4-8(2)12-7-9(5-10)6-11(3)15(12,13)14/h8-9H,4-7,10H2,1-3H3. The predicted molar refractivity (Wildman–Crippen MR) is 60.6 cm³/mol. The molecule has 0 spiro atoms. The highest BCUT2D eigenvalue weighted by atomic mass is 32.2. The second-order valence-electron chi connectivity index (χ2n) is 4.22. The first kappa shape index (κ1) is 12.9. The Morgan fingerprint density at radius 2 is 2.07 bits per heavy atom. The van der Waals surface area contributed by atoms with E-state index in [1.54, 1.807) is 11.4 Å². The monoisotopic (exact) mass is 235 g/mol. The summed E-state index contributed by atoms with van der Waals surface area (Å²) in [5.41, 5.74) is 5.61. The van der Waals surface area contributed by atoms with E-state index in [4.69, 9.17) is 5.73 Å². The van der Waals surface area contributed by atoms with Gasteiger partial charge < -0.3 is 5.73 Å². The Labute approximate surface area is 92.4 Å². The van der Waals surface area contributed by atoms with Crippen molar-refractivity contribution in [3.05, 3.63) is 0 Å². The first-order valence-corrected chi connectivity index (χ1v) is 6.76. The summed E-state index contributed by atoms with van der Waals surface area (Å²) in [6, 6.07) is 0.0480. The van der Waals surface area contributed by atoms with Gasteiger partial charge in [0.1, 0.15) is 0 Å². The van der Waals surface area contributed by atoms with Gasteiger partial charge in [0.15, 0.2) is 0 Å². The van der Waals surface area contributed by atoms with Crippen LogP contribution in [0.1, 0.15) is 20.3 Å². The molecule has 0 amide bonds. The number of nitrogens with zero attached hydrogens (tertiary/aromatic N) is 2. The molecule has 1 saturated heterocycles. The molecule has 0 aromatic rings. The fourth-order valence-corrected chi connectivity index (χ4v) is 3.56. The lowest BCUT2D eigenvalue weighted by atomic mass is 10.1. The van der Waals surface area contributed by atoms with Crippen molar-refractivity contribution >= 4 is 10.2 Å². The zero-order valence-electron chi connectivity index (χ0n) is 9.68. The van der Waals surface area contributed by atoms with Crippen LogP contribution >= 0.6 is 0 Å². The fraction of sp³-hybridized carbons (Fsp3) is 1.00. The van der Waals surface area contributed by atoms with Crippen molar-refractivity contribution < 1.29 is 8.42 Å². The summed E-state index contributed by atoms with van der Waals surface area (Å²) in [5, 5.41) is 0. The van der Waals surface area contributed by atoms with Crippen LogP contribution in [0, 0.1) is 5.92 Å². The summed E-state index contributed by atoms with van der Waals surface area (Å²) in [6.07, 6.45) is 0.824. The highest BCUT2D eigenvalue weighted by Crippen LogP contribution is 2.21. The third-order valence-corrected chi connectivity index (χ3v) is 5.10. The lowest BCUT2D eigenvalue weighted by Crippen LogP contribution is -2.56. The van der Waals surface area contributed by atoms with E-state index in [1.165, 1.54) is 4.31 Å². The average Bonchev–Trinajstić information content (AvgIpc) is 2.20. The first-order valence-electron chi connectivity index (χ1n) is 5.36. The molecule has 5 nitrogen and oxygen atoms in total. The van der Waals surface area contributed by atoms with Crippen molar-refractivity contribution in [1.29, 1.82) is 0 Å². The molecule has 1 rings (SSSR count). The van der Waals surface area contributed by atoms with E-state index in [1.807, 2.05) is 13.8 Å². The van der Waals surface area contributed by atoms with Crippen molar-refractivity contribution in [2.24, 2.45) is 11.7 Å². The van der Waals surface area contributed by atoms with Crippen LogP contribution in [0.5, 0.6) is 0 Å². The van der Waals surface area contributed by atoms with Crippen LogP contribution in [0.15, 0.2) is 0 Å². The van der Waals surface area contributed by atoms with Crippen LogP contribution in [0.25, 0.3) is 0 Å². The van der Waals surface area contributed by atoms with Gasteiger partial charge in [-0.3, -0.25) is 0 Å². The van der Waals surface area contributed by atoms with E-state index in [2.05, 4.69) is 0 Å². The molecule has 2 N–H and O–H groups in total. The molecule has 0 saturated carbocycles. The van der Waals surface area contributed by atoms with Crippen LogP contribution < -0.4 is 5.73 Å². The molecule has 0 aliphatic carbocycles. The third-order valence-electron chi connectivity index (χ3n) is 3.06. The molecule has 90 valence electrons. The minimum atomic E-state index is -3.25. The van der Waals surface area contributed by atoms with Crippen LogP contribution in [0.2, 0.25) is 0 Å². The van der Waals surface area contributed by atoms with Gasteiger partial charge in [0.05, 0.1) is 0 Å². The SMILES string of the molecule is CCC(C)N1CC(CN)CN(C)S1(=O)=O. The molecule has 2 unspecified atom stereocenters. The summed E-state index contributed by atoms with van der Waals surface area (Å²) < 4.78 is 26.9. The molecule has 0 aromatic carbocycles. The molecule has 1 aliphatic rings. The maximum atomic E-state index is 12.0. The highest BCUT2D eigenvalue weighted by Gasteiger charge is 2.37. The topological polar surface area (TPSA) is 66.6 Å². The van der Waals surface area contributed by atoms with E-state index in [0.717, 1.165) is 6.42 Å². The number of hydrogen-bond donors (Lipinski definition) is 1. The third kappa shape index (κ3) is 2.50. The maximum absolute atomic E-state index is 12.0. The zero-order chi connectivity index (χ0) is 11.6. The molecule has 1 aliphatic heterocycles. The van der Waals surface area contributed by atoms with Crippen LogP contribution in [-0.4, -0.2) is 49.8 Å². The van der Waals surface area contributed by atoms with Gasteiger partial charge in [-0.1, -0.05) is 6.92 Å². The van der Waals surface area contributed by atoms with Gasteiger partial charge in [0, 0.05) is 26.2 Å². The largest absolute Gasteiger partial charge is 0.330 e. The van der Waals surface area contributed by atoms with Gasteiger partial charge >= 0.3 is 0 Å². The zero-order valence-corrected chi connectivity index (χ0v) is 10.5. The van der Waals surface area contributed by atoms with Crippen molar-refractivity contribution in [3.8, 4) is 0 Å². The smallest absolute Gasteiger partial charge is 0.281 e. The predicted octanol–water partition coefficient (Wildman–Crippen LogP) is -0.148. The van der Waals surface area contributed by atoms with Gasteiger partial charge in [0.25, 0.3) is 10.2 Å². The first-order chi connectivity index (χ1) is 6.93. The van der Waals surface area contributed by atoms with Crippen LogP contribution in [0.3, 0.4) is 0 Å². The Morgan fingerprint density at radius 3 is 2.53 bits per heavy atom. The van der Waals surface area contributed by atoms with E-state index in [-0.39, 0.29) is 12.0 Å². The van der Waals surface area contributed by atoms with Gasteiger partial charge in [-0.2, -0.15) is 17.0 Å². The normalized spacial score (nSPS) is 30.3. The number of hydrogen-bond acceptors (Lipinski definition) is 3. The Balaban J connectivity index is 2.90. The molecule has 0 bridgehead atoms. The Hall–Kier alpha value is -0.170. The molecule has 0 aromatic heterocycles. The lowest BCUT2D eigenvalue weighted by molar-refractivity contribution is 0.210. The minimum Gasteiger partial charge on any atom is -0.330 e. The van der Waals surface area contributed by atoms with E-state index >= 15 is 0 Å². The second-order valence-corrected chi connectivity index (χ2v) is 6.20. The Bertz CT molecular complexity index is 304. The lowest BCUT2D eigenvalue weighted by Gasteiger charge is -2.39. The molecule has 0 radical (unpaired) electrons. The minimum absolute atomic E-state index is 0.0480. The summed E-state index contributed by atoms with van der Waals surface area (Å²) in [6.45, 7) is 5.55. The van der Waals surface area contributed by atoms with Crippen molar-refractivity contribution in [3.63, 3.8) is 0 Å².